The molecule has 2 amide bonds. The molecule has 1 aliphatic heterocycles. The van der Waals surface area contributed by atoms with E-state index in [9.17, 15) is 9.59 Å². The van der Waals surface area contributed by atoms with Gasteiger partial charge in [0, 0.05) is 17.8 Å². The van der Waals surface area contributed by atoms with Crippen molar-refractivity contribution in [2.45, 2.75) is 24.9 Å². The lowest BCUT2D eigenvalue weighted by Gasteiger charge is -2.38. The first-order valence-electron chi connectivity index (χ1n) is 11.4. The SMILES string of the molecule is O=C(c1ccc(Cl)c(Cl)c1)N(CC(=O)N1c2ccccc2-n2cccc2[C@@H]1c1ccco1)C1CC1. The maximum atomic E-state index is 14.0. The number of rotatable bonds is 5. The van der Waals surface area contributed by atoms with E-state index in [0.717, 1.165) is 29.9 Å². The molecule has 1 saturated carbocycles. The summed E-state index contributed by atoms with van der Waals surface area (Å²) in [6.07, 6.45) is 5.31. The van der Waals surface area contributed by atoms with Gasteiger partial charge >= 0.3 is 0 Å². The number of hydrogen-bond acceptors (Lipinski definition) is 3. The highest BCUT2D eigenvalue weighted by Crippen LogP contribution is 2.42. The lowest BCUT2D eigenvalue weighted by Crippen LogP contribution is -2.47. The molecule has 0 saturated heterocycles. The molecule has 0 spiro atoms. The van der Waals surface area contributed by atoms with E-state index in [2.05, 4.69) is 4.57 Å². The number of carbonyl (C=O) groups excluding carboxylic acids is 2. The maximum absolute atomic E-state index is 14.0. The highest BCUT2D eigenvalue weighted by Gasteiger charge is 2.41. The van der Waals surface area contributed by atoms with Gasteiger partial charge < -0.3 is 13.9 Å². The van der Waals surface area contributed by atoms with Crippen molar-refractivity contribution < 1.29 is 14.0 Å². The van der Waals surface area contributed by atoms with Crippen molar-refractivity contribution in [3.63, 3.8) is 0 Å². The van der Waals surface area contributed by atoms with E-state index in [1.807, 2.05) is 54.7 Å². The molecule has 0 unspecified atom stereocenters. The summed E-state index contributed by atoms with van der Waals surface area (Å²) in [5.74, 6) is 0.232. The number of carbonyl (C=O) groups is 2. The smallest absolute Gasteiger partial charge is 0.254 e. The van der Waals surface area contributed by atoms with E-state index < -0.39 is 6.04 Å². The van der Waals surface area contributed by atoms with Gasteiger partial charge in [-0.3, -0.25) is 14.5 Å². The van der Waals surface area contributed by atoms with E-state index in [1.54, 1.807) is 34.3 Å². The number of aromatic nitrogens is 1. The normalized spacial score (nSPS) is 16.5. The summed E-state index contributed by atoms with van der Waals surface area (Å²) in [5, 5.41) is 0.690. The molecule has 2 aliphatic rings. The van der Waals surface area contributed by atoms with Crippen LogP contribution in [0.1, 0.15) is 40.7 Å². The number of hydrogen-bond donors (Lipinski definition) is 0. The lowest BCUT2D eigenvalue weighted by molar-refractivity contribution is -0.120. The number of benzene rings is 2. The molecule has 1 aliphatic carbocycles. The fourth-order valence-corrected chi connectivity index (χ4v) is 5.05. The third kappa shape index (κ3) is 3.83. The van der Waals surface area contributed by atoms with Crippen molar-refractivity contribution in [1.29, 1.82) is 0 Å². The molecule has 6 rings (SSSR count). The topological polar surface area (TPSA) is 58.7 Å². The van der Waals surface area contributed by atoms with E-state index in [1.165, 1.54) is 0 Å². The van der Waals surface area contributed by atoms with Crippen LogP contribution in [0.3, 0.4) is 0 Å². The molecule has 1 fully saturated rings. The Bertz CT molecular complexity index is 1430. The van der Waals surface area contributed by atoms with Crippen molar-refractivity contribution in [3.8, 4) is 5.69 Å². The second-order valence-corrected chi connectivity index (χ2v) is 9.58. The van der Waals surface area contributed by atoms with Crippen LogP contribution in [-0.2, 0) is 4.79 Å². The van der Waals surface area contributed by atoms with Gasteiger partial charge in [-0.25, -0.2) is 0 Å². The Morgan fingerprint density at radius 1 is 0.943 bits per heavy atom. The fraction of sp³-hybridized carbons (Fsp3) is 0.185. The highest BCUT2D eigenvalue weighted by molar-refractivity contribution is 6.42. The monoisotopic (exact) mass is 505 g/mol. The first-order valence-corrected chi connectivity index (χ1v) is 12.2. The van der Waals surface area contributed by atoms with Crippen molar-refractivity contribution >= 4 is 40.7 Å². The van der Waals surface area contributed by atoms with Gasteiger partial charge in [-0.2, -0.15) is 0 Å². The fourth-order valence-electron chi connectivity index (χ4n) is 4.75. The van der Waals surface area contributed by atoms with Gasteiger partial charge in [0.1, 0.15) is 18.3 Å². The Balaban J connectivity index is 1.39. The zero-order chi connectivity index (χ0) is 24.1. The summed E-state index contributed by atoms with van der Waals surface area (Å²) in [5.41, 5.74) is 2.99. The minimum atomic E-state index is -0.455. The second-order valence-electron chi connectivity index (χ2n) is 8.77. The van der Waals surface area contributed by atoms with E-state index >= 15 is 0 Å². The molecular formula is C27H21Cl2N3O3. The van der Waals surface area contributed by atoms with Crippen LogP contribution in [0.5, 0.6) is 0 Å². The minimum absolute atomic E-state index is 0.0202. The molecule has 8 heteroatoms. The van der Waals surface area contributed by atoms with Crippen LogP contribution in [0.2, 0.25) is 10.0 Å². The third-order valence-electron chi connectivity index (χ3n) is 6.52. The summed E-state index contributed by atoms with van der Waals surface area (Å²) in [7, 11) is 0. The molecular weight excluding hydrogens is 485 g/mol. The van der Waals surface area contributed by atoms with Crippen LogP contribution >= 0.6 is 23.2 Å². The van der Waals surface area contributed by atoms with Crippen LogP contribution in [-0.4, -0.2) is 33.9 Å². The Hall–Kier alpha value is -3.48. The second kappa shape index (κ2) is 8.63. The van der Waals surface area contributed by atoms with Crippen molar-refractivity contribution in [1.82, 2.24) is 9.47 Å². The zero-order valence-corrected chi connectivity index (χ0v) is 20.1. The molecule has 0 radical (unpaired) electrons. The van der Waals surface area contributed by atoms with E-state index in [4.69, 9.17) is 27.6 Å². The number of furan rings is 1. The van der Waals surface area contributed by atoms with Gasteiger partial charge in [-0.1, -0.05) is 35.3 Å². The van der Waals surface area contributed by atoms with Gasteiger partial charge in [-0.05, 0) is 67.4 Å². The van der Waals surface area contributed by atoms with Crippen molar-refractivity contribution in [2.24, 2.45) is 0 Å². The molecule has 2 aromatic carbocycles. The van der Waals surface area contributed by atoms with Crippen molar-refractivity contribution in [2.75, 3.05) is 11.4 Å². The standard InChI is InChI=1S/C27H21Cl2N3O3/c28-19-12-9-17(15-20(19)29)27(34)31(18-10-11-18)16-25(33)32-22-6-2-1-5-21(22)30-13-3-7-23(30)26(32)24-8-4-14-35-24/h1-9,12-15,18,26H,10-11,16H2/t26-/m1/s1. The summed E-state index contributed by atoms with van der Waals surface area (Å²) >= 11 is 12.2. The largest absolute Gasteiger partial charge is 0.467 e. The van der Waals surface area contributed by atoms with Crippen LogP contribution in [0.4, 0.5) is 5.69 Å². The van der Waals surface area contributed by atoms with Crippen LogP contribution in [0.25, 0.3) is 5.69 Å². The molecule has 1 atom stereocenters. The lowest BCUT2D eigenvalue weighted by atomic mass is 10.0. The molecule has 2 aromatic heterocycles. The molecule has 4 aromatic rings. The van der Waals surface area contributed by atoms with Crippen LogP contribution in [0.15, 0.2) is 83.6 Å². The molecule has 176 valence electrons. The summed E-state index contributed by atoms with van der Waals surface area (Å²) in [6, 6.07) is 19.8. The number of fused-ring (bicyclic) bond motifs is 3. The van der Waals surface area contributed by atoms with Crippen LogP contribution in [0, 0.1) is 0 Å². The summed E-state index contributed by atoms with van der Waals surface area (Å²) in [4.78, 5) is 30.9. The Labute approximate surface area is 212 Å². The summed E-state index contributed by atoms with van der Waals surface area (Å²) in [6.45, 7) is -0.0595. The number of anilines is 1. The van der Waals surface area contributed by atoms with Gasteiger partial charge in [0.25, 0.3) is 5.91 Å². The first-order chi connectivity index (χ1) is 17.0. The predicted octanol–water partition coefficient (Wildman–Crippen LogP) is 6.12. The number of amides is 2. The summed E-state index contributed by atoms with van der Waals surface area (Å²) < 4.78 is 7.86. The molecule has 3 heterocycles. The maximum Gasteiger partial charge on any atom is 0.254 e. The van der Waals surface area contributed by atoms with Gasteiger partial charge in [0.05, 0.1) is 33.4 Å². The number of para-hydroxylation sites is 2. The van der Waals surface area contributed by atoms with E-state index in [0.29, 0.717) is 21.4 Å². The predicted molar refractivity (Wildman–Crippen MR) is 134 cm³/mol. The number of nitrogens with zero attached hydrogens (tertiary/aromatic N) is 3. The molecule has 0 bridgehead atoms. The van der Waals surface area contributed by atoms with E-state index in [-0.39, 0.29) is 24.4 Å². The highest BCUT2D eigenvalue weighted by atomic mass is 35.5. The molecule has 6 nitrogen and oxygen atoms in total. The Kier molecular flexibility index (Phi) is 5.43. The Morgan fingerprint density at radius 3 is 2.46 bits per heavy atom. The quantitative estimate of drug-likeness (QED) is 0.328. The minimum Gasteiger partial charge on any atom is -0.467 e. The first kappa shape index (κ1) is 22.0. The Morgan fingerprint density at radius 2 is 1.74 bits per heavy atom. The zero-order valence-electron chi connectivity index (χ0n) is 18.6. The van der Waals surface area contributed by atoms with Gasteiger partial charge in [0.15, 0.2) is 0 Å². The van der Waals surface area contributed by atoms with Gasteiger partial charge in [-0.15, -0.1) is 0 Å². The van der Waals surface area contributed by atoms with Crippen LogP contribution < -0.4 is 4.90 Å². The third-order valence-corrected chi connectivity index (χ3v) is 7.26. The average molecular weight is 506 g/mol. The molecule has 35 heavy (non-hydrogen) atoms. The van der Waals surface area contributed by atoms with Gasteiger partial charge in [0.2, 0.25) is 5.91 Å². The van der Waals surface area contributed by atoms with Crippen molar-refractivity contribution in [3.05, 3.63) is 106 Å². The average Bonchev–Trinajstić information content (AvgIpc) is 3.34. The number of halogens is 2. The molecule has 0 N–H and O–H groups in total.